The smallest absolute Gasteiger partial charge is 0.191 e. The van der Waals surface area contributed by atoms with Gasteiger partial charge in [0.2, 0.25) is 0 Å². The van der Waals surface area contributed by atoms with Crippen LogP contribution in [0.5, 0.6) is 11.5 Å². The lowest BCUT2D eigenvalue weighted by Crippen LogP contribution is -2.41. The van der Waals surface area contributed by atoms with Crippen molar-refractivity contribution < 1.29 is 9.47 Å². The molecule has 0 radical (unpaired) electrons. The summed E-state index contributed by atoms with van der Waals surface area (Å²) in [4.78, 5) is 6.85. The zero-order valence-corrected chi connectivity index (χ0v) is 18.5. The van der Waals surface area contributed by atoms with Crippen LogP contribution < -0.4 is 20.1 Å². The molecule has 148 valence electrons. The van der Waals surface area contributed by atoms with Crippen LogP contribution in [-0.2, 0) is 6.54 Å². The fourth-order valence-electron chi connectivity index (χ4n) is 3.09. The van der Waals surface area contributed by atoms with Crippen LogP contribution >= 0.6 is 24.0 Å². The molecule has 1 fully saturated rings. The predicted molar refractivity (Wildman–Crippen MR) is 118 cm³/mol. The highest BCUT2D eigenvalue weighted by atomic mass is 127. The molecule has 26 heavy (non-hydrogen) atoms. The van der Waals surface area contributed by atoms with Crippen molar-refractivity contribution in [3.05, 3.63) is 23.8 Å². The van der Waals surface area contributed by atoms with Crippen LogP contribution in [0.2, 0.25) is 0 Å². The minimum absolute atomic E-state index is 0. The Morgan fingerprint density at radius 1 is 1.08 bits per heavy atom. The number of halogens is 1. The number of rotatable bonds is 7. The molecule has 0 amide bonds. The van der Waals surface area contributed by atoms with Crippen LogP contribution in [0.1, 0.15) is 31.2 Å². The molecule has 0 spiro atoms. The lowest BCUT2D eigenvalue weighted by molar-refractivity contribution is 0.289. The van der Waals surface area contributed by atoms with Gasteiger partial charge in [0, 0.05) is 38.3 Å². The van der Waals surface area contributed by atoms with Gasteiger partial charge in [0.15, 0.2) is 5.96 Å². The van der Waals surface area contributed by atoms with E-state index in [-0.39, 0.29) is 24.0 Å². The van der Waals surface area contributed by atoms with Crippen molar-refractivity contribution in [2.24, 2.45) is 4.99 Å². The first-order valence-corrected chi connectivity index (χ1v) is 9.14. The van der Waals surface area contributed by atoms with Gasteiger partial charge in [-0.2, -0.15) is 0 Å². The number of ether oxygens (including phenoxy) is 2. The third-order valence-corrected chi connectivity index (χ3v) is 4.58. The highest BCUT2D eigenvalue weighted by Gasteiger charge is 2.09. The van der Waals surface area contributed by atoms with Gasteiger partial charge >= 0.3 is 0 Å². The maximum atomic E-state index is 5.44. The molecule has 7 heteroatoms. The van der Waals surface area contributed by atoms with Crippen LogP contribution in [0.25, 0.3) is 0 Å². The topological polar surface area (TPSA) is 58.1 Å². The molecule has 1 aromatic rings. The molecule has 2 rings (SSSR count). The average Bonchev–Trinajstić information content (AvgIpc) is 2.93. The van der Waals surface area contributed by atoms with Gasteiger partial charge in [0.05, 0.1) is 14.2 Å². The Balaban J connectivity index is 0.00000338. The van der Waals surface area contributed by atoms with Crippen LogP contribution in [0, 0.1) is 0 Å². The minimum atomic E-state index is 0. The summed E-state index contributed by atoms with van der Waals surface area (Å²) in [5.41, 5.74) is 1.07. The fourth-order valence-corrected chi connectivity index (χ4v) is 3.09. The standard InChI is InChI=1S/C19H32N4O2.HI/c1-20-19(21-10-13-23-11-6-4-5-7-12-23)22-15-16-8-9-17(24-2)14-18(16)25-3;/h8-9,14H,4-7,10-13,15H2,1-3H3,(H2,20,21,22);1H. The molecule has 2 N–H and O–H groups in total. The second-order valence-electron chi connectivity index (χ2n) is 6.29. The molecular formula is C19H33IN4O2. The van der Waals surface area contributed by atoms with E-state index in [1.54, 1.807) is 21.3 Å². The molecule has 0 bridgehead atoms. The van der Waals surface area contributed by atoms with Crippen molar-refractivity contribution in [3.63, 3.8) is 0 Å². The molecule has 1 aliphatic heterocycles. The molecule has 1 saturated heterocycles. The minimum Gasteiger partial charge on any atom is -0.497 e. The van der Waals surface area contributed by atoms with E-state index in [2.05, 4.69) is 20.5 Å². The quantitative estimate of drug-likeness (QED) is 0.360. The summed E-state index contributed by atoms with van der Waals surface area (Å²) < 4.78 is 10.7. The fraction of sp³-hybridized carbons (Fsp3) is 0.632. The molecule has 0 saturated carbocycles. The van der Waals surface area contributed by atoms with E-state index in [0.717, 1.165) is 36.1 Å². The summed E-state index contributed by atoms with van der Waals surface area (Å²) >= 11 is 0. The lowest BCUT2D eigenvalue weighted by Gasteiger charge is -2.21. The van der Waals surface area contributed by atoms with Gasteiger partial charge in [-0.05, 0) is 38.1 Å². The zero-order chi connectivity index (χ0) is 17.9. The van der Waals surface area contributed by atoms with Gasteiger partial charge in [0.25, 0.3) is 0 Å². The molecule has 1 heterocycles. The van der Waals surface area contributed by atoms with Crippen LogP contribution in [0.15, 0.2) is 23.2 Å². The third kappa shape index (κ3) is 7.57. The van der Waals surface area contributed by atoms with Crippen LogP contribution in [0.3, 0.4) is 0 Å². The number of guanidine groups is 1. The summed E-state index contributed by atoms with van der Waals surface area (Å²) in [6.07, 6.45) is 5.39. The van der Waals surface area contributed by atoms with Gasteiger partial charge in [-0.1, -0.05) is 12.8 Å². The summed E-state index contributed by atoms with van der Waals surface area (Å²) in [5.74, 6) is 2.42. The van der Waals surface area contributed by atoms with Crippen molar-refractivity contribution in [1.82, 2.24) is 15.5 Å². The summed E-state index contributed by atoms with van der Waals surface area (Å²) in [5, 5.41) is 6.75. The largest absolute Gasteiger partial charge is 0.497 e. The molecular weight excluding hydrogens is 443 g/mol. The Kier molecular flexibility index (Phi) is 11.4. The number of hydrogen-bond donors (Lipinski definition) is 2. The van der Waals surface area contributed by atoms with Gasteiger partial charge < -0.3 is 25.0 Å². The van der Waals surface area contributed by atoms with Crippen molar-refractivity contribution in [1.29, 1.82) is 0 Å². The Bertz CT molecular complexity index is 546. The van der Waals surface area contributed by atoms with E-state index in [4.69, 9.17) is 9.47 Å². The van der Waals surface area contributed by atoms with Gasteiger partial charge in [-0.15, -0.1) is 24.0 Å². The first-order valence-electron chi connectivity index (χ1n) is 9.14. The average molecular weight is 476 g/mol. The number of methoxy groups -OCH3 is 2. The molecule has 0 aromatic heterocycles. The van der Waals surface area contributed by atoms with Crippen molar-refractivity contribution in [2.75, 3.05) is 47.4 Å². The number of likely N-dealkylation sites (tertiary alicyclic amines) is 1. The Labute approximate surface area is 174 Å². The molecule has 0 unspecified atom stereocenters. The second kappa shape index (κ2) is 13.0. The van der Waals surface area contributed by atoms with E-state index in [9.17, 15) is 0 Å². The van der Waals surface area contributed by atoms with E-state index in [1.807, 2.05) is 18.2 Å². The van der Waals surface area contributed by atoms with E-state index in [0.29, 0.717) is 6.54 Å². The molecule has 1 aromatic carbocycles. The van der Waals surface area contributed by atoms with Crippen molar-refractivity contribution in [3.8, 4) is 11.5 Å². The molecule has 0 atom stereocenters. The Morgan fingerprint density at radius 2 is 1.81 bits per heavy atom. The number of nitrogens with one attached hydrogen (secondary N) is 2. The summed E-state index contributed by atoms with van der Waals surface area (Å²) in [6.45, 7) is 5.05. The lowest BCUT2D eigenvalue weighted by atomic mass is 10.2. The Morgan fingerprint density at radius 3 is 2.42 bits per heavy atom. The monoisotopic (exact) mass is 476 g/mol. The van der Waals surface area contributed by atoms with Crippen molar-refractivity contribution in [2.45, 2.75) is 32.2 Å². The van der Waals surface area contributed by atoms with E-state index >= 15 is 0 Å². The van der Waals surface area contributed by atoms with Gasteiger partial charge in [-0.25, -0.2) is 0 Å². The summed E-state index contributed by atoms with van der Waals surface area (Å²) in [6, 6.07) is 5.84. The maximum absolute atomic E-state index is 5.44. The maximum Gasteiger partial charge on any atom is 0.191 e. The van der Waals surface area contributed by atoms with Crippen LogP contribution in [-0.4, -0.2) is 58.3 Å². The SMILES string of the molecule is CN=C(NCCN1CCCCCC1)NCc1ccc(OC)cc1OC.I. The number of hydrogen-bond acceptors (Lipinski definition) is 4. The van der Waals surface area contributed by atoms with E-state index in [1.165, 1.54) is 38.8 Å². The van der Waals surface area contributed by atoms with Crippen molar-refractivity contribution >= 4 is 29.9 Å². The normalized spacial score (nSPS) is 15.6. The van der Waals surface area contributed by atoms with Gasteiger partial charge in [-0.3, -0.25) is 4.99 Å². The molecule has 6 nitrogen and oxygen atoms in total. The van der Waals surface area contributed by atoms with E-state index < -0.39 is 0 Å². The Hall–Kier alpha value is -1.22. The molecule has 1 aliphatic rings. The first-order chi connectivity index (χ1) is 12.3. The molecule has 0 aliphatic carbocycles. The zero-order valence-electron chi connectivity index (χ0n) is 16.2. The second-order valence-corrected chi connectivity index (χ2v) is 6.29. The third-order valence-electron chi connectivity index (χ3n) is 4.58. The highest BCUT2D eigenvalue weighted by Crippen LogP contribution is 2.24. The number of nitrogens with zero attached hydrogens (tertiary/aromatic N) is 2. The summed E-state index contributed by atoms with van der Waals surface area (Å²) in [7, 11) is 5.13. The highest BCUT2D eigenvalue weighted by molar-refractivity contribution is 14.0. The number of aliphatic imine (C=N–C) groups is 1. The van der Waals surface area contributed by atoms with Crippen LogP contribution in [0.4, 0.5) is 0 Å². The van der Waals surface area contributed by atoms with Gasteiger partial charge in [0.1, 0.15) is 11.5 Å². The predicted octanol–water partition coefficient (Wildman–Crippen LogP) is 2.86. The number of benzene rings is 1. The first kappa shape index (κ1) is 22.8.